The highest BCUT2D eigenvalue weighted by molar-refractivity contribution is 5.79. The summed E-state index contributed by atoms with van der Waals surface area (Å²) in [6, 6.07) is 0. The number of aliphatic hydroxyl groups excluding tert-OH is 1. The van der Waals surface area contributed by atoms with Gasteiger partial charge in [-0.2, -0.15) is 0 Å². The quantitative estimate of drug-likeness (QED) is 0.513. The molecule has 26 heavy (non-hydrogen) atoms. The maximum absolute atomic E-state index is 12.2. The van der Waals surface area contributed by atoms with Crippen molar-refractivity contribution in [2.45, 2.75) is 32.9 Å². The predicted octanol–water partition coefficient (Wildman–Crippen LogP) is -0.633. The van der Waals surface area contributed by atoms with Crippen LogP contribution in [0, 0.1) is 19.8 Å². The average Bonchev–Trinajstić information content (AvgIpc) is 2.83. The molecule has 2 atom stereocenters. The summed E-state index contributed by atoms with van der Waals surface area (Å²) < 4.78 is 1.99. The lowest BCUT2D eigenvalue weighted by Crippen LogP contribution is -2.48. The van der Waals surface area contributed by atoms with Crippen LogP contribution in [-0.2, 0) is 28.0 Å². The van der Waals surface area contributed by atoms with E-state index in [2.05, 4.69) is 15.2 Å². The van der Waals surface area contributed by atoms with Crippen LogP contribution in [0.3, 0.4) is 0 Å². The van der Waals surface area contributed by atoms with Gasteiger partial charge >= 0.3 is 0 Å². The summed E-state index contributed by atoms with van der Waals surface area (Å²) in [7, 11) is 3.91. The molecular weight excluding hydrogens is 344 g/mol. The molecule has 0 unspecified atom stereocenters. The summed E-state index contributed by atoms with van der Waals surface area (Å²) in [5.41, 5.74) is 2.08. The highest BCUT2D eigenvalue weighted by Crippen LogP contribution is 2.16. The number of carbonyl (C=O) groups is 3. The fraction of sp³-hybridized carbons (Fsp3) is 0.625. The molecule has 10 heteroatoms. The molecule has 10 nitrogen and oxygen atoms in total. The summed E-state index contributed by atoms with van der Waals surface area (Å²) in [4.78, 5) is 35.4. The number of amides is 1. The van der Waals surface area contributed by atoms with Gasteiger partial charge in [0.1, 0.15) is 5.82 Å². The Morgan fingerprint density at radius 2 is 1.81 bits per heavy atom. The van der Waals surface area contributed by atoms with Crippen LogP contribution in [0.15, 0.2) is 0 Å². The van der Waals surface area contributed by atoms with Crippen molar-refractivity contribution in [1.29, 1.82) is 0 Å². The number of imidazole rings is 1. The topological polar surface area (TPSA) is 145 Å². The molecular formula is C16H28N4O6. The summed E-state index contributed by atoms with van der Waals surface area (Å²) in [6.07, 6.45) is 0.103. The van der Waals surface area contributed by atoms with Crippen molar-refractivity contribution in [2.24, 2.45) is 13.0 Å². The van der Waals surface area contributed by atoms with Crippen molar-refractivity contribution in [3.05, 3.63) is 17.2 Å². The van der Waals surface area contributed by atoms with Gasteiger partial charge < -0.3 is 30.1 Å². The van der Waals surface area contributed by atoms with Crippen molar-refractivity contribution in [3.63, 3.8) is 0 Å². The molecule has 0 saturated carbocycles. The fourth-order valence-electron chi connectivity index (χ4n) is 2.60. The van der Waals surface area contributed by atoms with Crippen molar-refractivity contribution in [2.75, 3.05) is 20.1 Å². The van der Waals surface area contributed by atoms with Crippen molar-refractivity contribution >= 4 is 18.9 Å². The highest BCUT2D eigenvalue weighted by atomic mass is 16.3. The molecule has 0 spiro atoms. The maximum Gasteiger partial charge on any atom is 0.290 e. The molecule has 1 amide bonds. The van der Waals surface area contributed by atoms with E-state index in [4.69, 9.17) is 19.8 Å². The van der Waals surface area contributed by atoms with Gasteiger partial charge in [0.05, 0.1) is 24.3 Å². The van der Waals surface area contributed by atoms with Gasteiger partial charge in [-0.25, -0.2) is 4.98 Å². The number of hydrogen-bond acceptors (Lipinski definition) is 6. The third kappa shape index (κ3) is 7.19. The first kappa shape index (κ1) is 23.5. The minimum Gasteiger partial charge on any atom is -0.483 e. The lowest BCUT2D eigenvalue weighted by atomic mass is 9.94. The Hall–Kier alpha value is -2.46. The van der Waals surface area contributed by atoms with Gasteiger partial charge in [0.25, 0.3) is 12.9 Å². The normalized spacial score (nSPS) is 19.3. The first-order chi connectivity index (χ1) is 12.2. The Kier molecular flexibility index (Phi) is 10.9. The van der Waals surface area contributed by atoms with E-state index in [1.54, 1.807) is 0 Å². The second-order valence-corrected chi connectivity index (χ2v) is 5.91. The Morgan fingerprint density at radius 1 is 1.27 bits per heavy atom. The molecule has 4 N–H and O–H groups in total. The van der Waals surface area contributed by atoms with Crippen LogP contribution >= 0.6 is 0 Å². The zero-order valence-electron chi connectivity index (χ0n) is 15.5. The first-order valence-electron chi connectivity index (χ1n) is 8.02. The van der Waals surface area contributed by atoms with Crippen LogP contribution in [0.4, 0.5) is 0 Å². The molecule has 0 aromatic carbocycles. The second-order valence-electron chi connectivity index (χ2n) is 5.91. The number of nitrogens with one attached hydrogen (secondary N) is 1. The summed E-state index contributed by atoms with van der Waals surface area (Å²) in [5, 5.41) is 26.6. The van der Waals surface area contributed by atoms with E-state index in [-0.39, 0.29) is 24.8 Å². The summed E-state index contributed by atoms with van der Waals surface area (Å²) in [5.74, 6) is 0.394. The standard InChI is InChI=1S/C14H24N4O2.2CH2O2/c1-9-10(2)18(4)13(16-9)7-15-14(20)11-8-17(3)6-5-12(11)19;2*2-1-3/h11-12,19H,5-8H2,1-4H3,(H,15,20);2*1H,(H,2,3)/t11-,12-;;/m1../s1. The van der Waals surface area contributed by atoms with Gasteiger partial charge in [0.15, 0.2) is 0 Å². The van der Waals surface area contributed by atoms with Crippen LogP contribution in [0.1, 0.15) is 23.6 Å². The van der Waals surface area contributed by atoms with Crippen LogP contribution in [0.25, 0.3) is 0 Å². The van der Waals surface area contributed by atoms with Gasteiger partial charge in [0, 0.05) is 25.8 Å². The van der Waals surface area contributed by atoms with Gasteiger partial charge in [-0.05, 0) is 27.3 Å². The zero-order chi connectivity index (χ0) is 20.3. The minimum absolute atomic E-state index is 0.0950. The third-order valence-electron chi connectivity index (χ3n) is 4.25. The summed E-state index contributed by atoms with van der Waals surface area (Å²) in [6.45, 7) is 5.30. The largest absolute Gasteiger partial charge is 0.483 e. The number of rotatable bonds is 3. The number of hydrogen-bond donors (Lipinski definition) is 4. The average molecular weight is 372 g/mol. The molecule has 1 fully saturated rings. The number of nitrogens with zero attached hydrogens (tertiary/aromatic N) is 3. The van der Waals surface area contributed by atoms with Crippen molar-refractivity contribution in [3.8, 4) is 0 Å². The van der Waals surface area contributed by atoms with E-state index in [9.17, 15) is 9.90 Å². The van der Waals surface area contributed by atoms with E-state index in [0.717, 1.165) is 23.8 Å². The monoisotopic (exact) mass is 372 g/mol. The van der Waals surface area contributed by atoms with Crippen molar-refractivity contribution < 1.29 is 29.7 Å². The molecule has 1 aromatic rings. The molecule has 1 aromatic heterocycles. The Bertz CT molecular complexity index is 584. The molecule has 0 aliphatic carbocycles. The van der Waals surface area contributed by atoms with E-state index < -0.39 is 6.10 Å². The number of aromatic nitrogens is 2. The molecule has 1 aliphatic rings. The maximum atomic E-state index is 12.2. The van der Waals surface area contributed by atoms with Crippen LogP contribution in [-0.4, -0.2) is 74.9 Å². The third-order valence-corrected chi connectivity index (χ3v) is 4.25. The van der Waals surface area contributed by atoms with Crippen LogP contribution in [0.5, 0.6) is 0 Å². The molecule has 1 saturated heterocycles. The Balaban J connectivity index is 0.000000918. The van der Waals surface area contributed by atoms with Crippen LogP contribution < -0.4 is 5.32 Å². The van der Waals surface area contributed by atoms with E-state index in [1.165, 1.54) is 0 Å². The molecule has 2 heterocycles. The van der Waals surface area contributed by atoms with Gasteiger partial charge in [-0.15, -0.1) is 0 Å². The molecule has 0 bridgehead atoms. The summed E-state index contributed by atoms with van der Waals surface area (Å²) >= 11 is 0. The number of piperidine rings is 1. The minimum atomic E-state index is -0.545. The van der Waals surface area contributed by atoms with E-state index in [1.807, 2.05) is 32.5 Å². The molecule has 2 rings (SSSR count). The Morgan fingerprint density at radius 3 is 2.27 bits per heavy atom. The predicted molar refractivity (Wildman–Crippen MR) is 93.5 cm³/mol. The van der Waals surface area contributed by atoms with Gasteiger partial charge in [0.2, 0.25) is 5.91 Å². The molecule has 148 valence electrons. The first-order valence-corrected chi connectivity index (χ1v) is 8.02. The van der Waals surface area contributed by atoms with E-state index in [0.29, 0.717) is 19.5 Å². The SMILES string of the molecule is Cc1nc(CNC(=O)[C@@H]2CN(C)CC[C@H]2O)n(C)c1C.O=CO.O=CO. The number of carboxylic acid groups (broad SMARTS) is 2. The number of likely N-dealkylation sites (tertiary alicyclic amines) is 1. The number of aliphatic hydroxyl groups is 1. The molecule has 0 radical (unpaired) electrons. The number of aryl methyl sites for hydroxylation is 1. The Labute approximate surface area is 152 Å². The smallest absolute Gasteiger partial charge is 0.290 e. The highest BCUT2D eigenvalue weighted by Gasteiger charge is 2.31. The lowest BCUT2D eigenvalue weighted by molar-refractivity contribution is -0.131. The molecule has 1 aliphatic heterocycles. The van der Waals surface area contributed by atoms with Crippen molar-refractivity contribution in [1.82, 2.24) is 19.8 Å². The second kappa shape index (κ2) is 12.0. The zero-order valence-corrected chi connectivity index (χ0v) is 15.5. The van der Waals surface area contributed by atoms with Crippen LogP contribution in [0.2, 0.25) is 0 Å². The lowest BCUT2D eigenvalue weighted by Gasteiger charge is -2.32. The van der Waals surface area contributed by atoms with Gasteiger partial charge in [-0.1, -0.05) is 0 Å². The van der Waals surface area contributed by atoms with E-state index >= 15 is 0 Å². The van der Waals surface area contributed by atoms with Gasteiger partial charge in [-0.3, -0.25) is 14.4 Å². The fourth-order valence-corrected chi connectivity index (χ4v) is 2.60. The number of carbonyl (C=O) groups excluding carboxylic acids is 1.